The Hall–Kier alpha value is -3.07. The molecule has 0 bridgehead atoms. The zero-order valence-electron chi connectivity index (χ0n) is 19.0. The van der Waals surface area contributed by atoms with Crippen molar-refractivity contribution in [3.8, 4) is 0 Å². The van der Waals surface area contributed by atoms with Gasteiger partial charge in [-0.25, -0.2) is 15.0 Å². The maximum atomic E-state index is 11.2. The number of carbonyl (C=O) groups is 1. The van der Waals surface area contributed by atoms with Crippen LogP contribution in [0.4, 0.5) is 11.5 Å². The largest absolute Gasteiger partial charge is 0.464 e. The molecule has 1 unspecified atom stereocenters. The van der Waals surface area contributed by atoms with Crippen molar-refractivity contribution in [2.45, 2.75) is 51.2 Å². The van der Waals surface area contributed by atoms with E-state index in [0.29, 0.717) is 23.5 Å². The van der Waals surface area contributed by atoms with Crippen LogP contribution in [0.25, 0.3) is 16.7 Å². The predicted octanol–water partition coefficient (Wildman–Crippen LogP) is 4.36. The predicted molar refractivity (Wildman–Crippen MR) is 130 cm³/mol. The number of allylic oxidation sites excluding steroid dienone is 1. The Morgan fingerprint density at radius 2 is 2.06 bits per heavy atom. The first-order chi connectivity index (χ1) is 15.3. The van der Waals surface area contributed by atoms with Crippen LogP contribution in [0, 0.1) is 0 Å². The van der Waals surface area contributed by atoms with Gasteiger partial charge in [0.2, 0.25) is 0 Å². The van der Waals surface area contributed by atoms with E-state index in [1.807, 2.05) is 23.6 Å². The number of ether oxygens (including phenoxy) is 1. The van der Waals surface area contributed by atoms with Crippen LogP contribution in [-0.2, 0) is 16.1 Å². The lowest BCUT2D eigenvalue weighted by atomic mass is 10.1. The van der Waals surface area contributed by atoms with E-state index in [-0.39, 0.29) is 18.0 Å². The number of nitrogen functional groups attached to an aromatic ring is 1. The molecule has 2 N–H and O–H groups in total. The summed E-state index contributed by atoms with van der Waals surface area (Å²) in [6.07, 6.45) is 2.42. The first-order valence-corrected chi connectivity index (χ1v) is 11.5. The van der Waals surface area contributed by atoms with Crippen LogP contribution in [-0.4, -0.2) is 44.0 Å². The first kappa shape index (κ1) is 23.6. The molecule has 1 atom stereocenters. The number of nitrogens with zero attached hydrogens (tertiary/aromatic N) is 5. The van der Waals surface area contributed by atoms with E-state index >= 15 is 0 Å². The Balaban J connectivity index is 1.96. The van der Waals surface area contributed by atoms with Gasteiger partial charge in [-0.3, -0.25) is 9.36 Å². The van der Waals surface area contributed by atoms with Crippen LogP contribution >= 0.6 is 11.8 Å². The molecule has 0 aliphatic heterocycles. The SMILES string of the molecule is C=C(C)c1ccccc1N(CCC)C(C)Sc1nc2c(N)ncnc2n1CCOC(C)=O. The molecule has 0 fully saturated rings. The zero-order valence-corrected chi connectivity index (χ0v) is 19.9. The van der Waals surface area contributed by atoms with Gasteiger partial charge < -0.3 is 15.4 Å². The van der Waals surface area contributed by atoms with E-state index in [1.54, 1.807) is 11.8 Å². The van der Waals surface area contributed by atoms with E-state index in [1.165, 1.54) is 13.3 Å². The monoisotopic (exact) mass is 454 g/mol. The molecule has 170 valence electrons. The van der Waals surface area contributed by atoms with E-state index in [9.17, 15) is 4.79 Å². The van der Waals surface area contributed by atoms with Crippen LogP contribution < -0.4 is 10.6 Å². The number of fused-ring (bicyclic) bond motifs is 1. The second-order valence-electron chi connectivity index (χ2n) is 7.53. The topological polar surface area (TPSA) is 99.2 Å². The van der Waals surface area contributed by atoms with Crippen LogP contribution in [0.1, 0.15) is 39.7 Å². The van der Waals surface area contributed by atoms with Gasteiger partial charge in [0.25, 0.3) is 0 Å². The summed E-state index contributed by atoms with van der Waals surface area (Å²) in [5.74, 6) is 0.00503. The normalized spacial score (nSPS) is 12.0. The van der Waals surface area contributed by atoms with Crippen molar-refractivity contribution in [3.63, 3.8) is 0 Å². The van der Waals surface area contributed by atoms with Crippen molar-refractivity contribution in [2.75, 3.05) is 23.8 Å². The van der Waals surface area contributed by atoms with Crippen molar-refractivity contribution >= 4 is 46.0 Å². The lowest BCUT2D eigenvalue weighted by molar-refractivity contribution is -0.141. The molecule has 0 saturated carbocycles. The van der Waals surface area contributed by atoms with Gasteiger partial charge in [-0.15, -0.1) is 0 Å². The van der Waals surface area contributed by atoms with Crippen molar-refractivity contribution < 1.29 is 9.53 Å². The van der Waals surface area contributed by atoms with E-state index < -0.39 is 0 Å². The number of hydrogen-bond donors (Lipinski definition) is 1. The minimum absolute atomic E-state index is 0.0638. The van der Waals surface area contributed by atoms with Crippen molar-refractivity contribution in [1.29, 1.82) is 0 Å². The summed E-state index contributed by atoms with van der Waals surface area (Å²) in [6, 6.07) is 8.31. The number of esters is 1. The zero-order chi connectivity index (χ0) is 23.3. The molecule has 0 saturated heterocycles. The van der Waals surface area contributed by atoms with Gasteiger partial charge in [0.05, 0.1) is 11.9 Å². The third-order valence-electron chi connectivity index (χ3n) is 5.00. The molecule has 2 heterocycles. The van der Waals surface area contributed by atoms with Crippen LogP contribution in [0.5, 0.6) is 0 Å². The highest BCUT2D eigenvalue weighted by atomic mass is 32.2. The Kier molecular flexibility index (Phi) is 7.74. The Bertz CT molecular complexity index is 1110. The number of rotatable bonds is 10. The molecular formula is C23H30N6O2S. The van der Waals surface area contributed by atoms with Crippen molar-refractivity contribution in [2.24, 2.45) is 0 Å². The summed E-state index contributed by atoms with van der Waals surface area (Å²) in [6.45, 7) is 13.4. The van der Waals surface area contributed by atoms with E-state index in [2.05, 4.69) is 47.4 Å². The molecule has 9 heteroatoms. The third kappa shape index (κ3) is 5.21. The summed E-state index contributed by atoms with van der Waals surface area (Å²) >= 11 is 1.61. The fourth-order valence-electron chi connectivity index (χ4n) is 3.55. The smallest absolute Gasteiger partial charge is 0.302 e. The standard InChI is InChI=1S/C23H30N6O2S/c1-6-11-28(19-10-8-7-9-18(19)15(2)3)16(4)32-23-27-20-21(24)25-14-26-22(20)29(23)12-13-31-17(5)30/h7-10,14,16H,2,6,11-13H2,1,3-5H3,(H2,24,25,26). The Labute approximate surface area is 192 Å². The third-order valence-corrected chi connectivity index (χ3v) is 6.12. The number of benzene rings is 1. The summed E-state index contributed by atoms with van der Waals surface area (Å²) in [5, 5.41) is 0.815. The minimum Gasteiger partial charge on any atom is -0.464 e. The highest BCUT2D eigenvalue weighted by molar-refractivity contribution is 7.99. The highest BCUT2D eigenvalue weighted by Gasteiger charge is 2.23. The molecule has 0 aliphatic carbocycles. The number of para-hydroxylation sites is 1. The first-order valence-electron chi connectivity index (χ1n) is 10.6. The molecular weight excluding hydrogens is 424 g/mol. The van der Waals surface area contributed by atoms with Gasteiger partial charge in [-0.1, -0.05) is 43.5 Å². The van der Waals surface area contributed by atoms with E-state index in [0.717, 1.165) is 34.9 Å². The number of carbonyl (C=O) groups excluding carboxylic acids is 1. The molecule has 1 aromatic carbocycles. The van der Waals surface area contributed by atoms with Gasteiger partial charge >= 0.3 is 5.97 Å². The van der Waals surface area contributed by atoms with Gasteiger partial charge in [-0.05, 0) is 31.9 Å². The summed E-state index contributed by atoms with van der Waals surface area (Å²) in [4.78, 5) is 26.8. The van der Waals surface area contributed by atoms with Crippen molar-refractivity contribution in [3.05, 3.63) is 42.7 Å². The molecule has 0 aliphatic rings. The number of nitrogens with two attached hydrogens (primary N) is 1. The number of thioether (sulfide) groups is 1. The molecule has 3 rings (SSSR count). The summed E-state index contributed by atoms with van der Waals surface area (Å²) < 4.78 is 7.10. The lowest BCUT2D eigenvalue weighted by Gasteiger charge is -2.32. The van der Waals surface area contributed by atoms with Gasteiger partial charge in [0, 0.05) is 24.7 Å². The molecule has 0 spiro atoms. The lowest BCUT2D eigenvalue weighted by Crippen LogP contribution is -2.32. The van der Waals surface area contributed by atoms with Crippen molar-refractivity contribution in [1.82, 2.24) is 19.5 Å². The molecule has 3 aromatic rings. The van der Waals surface area contributed by atoms with Crippen LogP contribution in [0.15, 0.2) is 42.3 Å². The maximum Gasteiger partial charge on any atom is 0.302 e. The number of aromatic nitrogens is 4. The second kappa shape index (κ2) is 10.5. The molecule has 8 nitrogen and oxygen atoms in total. The number of imidazole rings is 1. The quantitative estimate of drug-likeness (QED) is 0.274. The summed E-state index contributed by atoms with van der Waals surface area (Å²) in [5.41, 5.74) is 10.5. The maximum absolute atomic E-state index is 11.2. The second-order valence-corrected chi connectivity index (χ2v) is 8.81. The fraction of sp³-hybridized carbons (Fsp3) is 0.391. The average Bonchev–Trinajstić information content (AvgIpc) is 3.10. The Morgan fingerprint density at radius 1 is 1.31 bits per heavy atom. The van der Waals surface area contributed by atoms with Crippen LogP contribution in [0.3, 0.4) is 0 Å². The highest BCUT2D eigenvalue weighted by Crippen LogP contribution is 2.34. The number of anilines is 2. The minimum atomic E-state index is -0.323. The average molecular weight is 455 g/mol. The van der Waals surface area contributed by atoms with E-state index in [4.69, 9.17) is 15.5 Å². The van der Waals surface area contributed by atoms with Gasteiger partial charge in [-0.2, -0.15) is 0 Å². The summed E-state index contributed by atoms with van der Waals surface area (Å²) in [7, 11) is 0. The van der Waals surface area contributed by atoms with Gasteiger partial charge in [0.1, 0.15) is 12.9 Å². The molecule has 0 radical (unpaired) electrons. The fourth-order valence-corrected chi connectivity index (χ4v) is 4.65. The Morgan fingerprint density at radius 3 is 2.75 bits per heavy atom. The number of hydrogen-bond acceptors (Lipinski definition) is 8. The molecule has 32 heavy (non-hydrogen) atoms. The van der Waals surface area contributed by atoms with Crippen LogP contribution in [0.2, 0.25) is 0 Å². The molecule has 0 amide bonds. The molecule has 2 aromatic heterocycles. The van der Waals surface area contributed by atoms with Gasteiger partial charge in [0.15, 0.2) is 22.1 Å².